The van der Waals surface area contributed by atoms with Crippen LogP contribution in [0.3, 0.4) is 0 Å². The molecule has 128 valence electrons. The molecule has 0 N–H and O–H groups in total. The van der Waals surface area contributed by atoms with Gasteiger partial charge in [-0.25, -0.2) is 12.2 Å². The van der Waals surface area contributed by atoms with Crippen LogP contribution in [0.25, 0.3) is 0 Å². The van der Waals surface area contributed by atoms with Crippen LogP contribution in [0.4, 0.5) is 0 Å². The summed E-state index contributed by atoms with van der Waals surface area (Å²) in [4.78, 5) is 2.62. The summed E-state index contributed by atoms with van der Waals surface area (Å²) >= 11 is 12.1. The smallest absolute Gasteiger partial charge is 1.00 e. The quantitative estimate of drug-likeness (QED) is 0.359. The number of hydrogen-bond acceptors (Lipinski definition) is 2. The first-order chi connectivity index (χ1) is 10.5. The Labute approximate surface area is 197 Å². The van der Waals surface area contributed by atoms with Crippen molar-refractivity contribution in [3.63, 3.8) is 0 Å². The van der Waals surface area contributed by atoms with E-state index in [2.05, 4.69) is 74.2 Å². The van der Waals surface area contributed by atoms with Gasteiger partial charge < -0.3 is 24.8 Å². The summed E-state index contributed by atoms with van der Waals surface area (Å²) in [5.74, 6) is 2.17. The number of fused-ring (bicyclic) bond motifs is 2. The molecule has 0 aromatic heterocycles. The van der Waals surface area contributed by atoms with E-state index in [4.69, 9.17) is 0 Å². The fourth-order valence-corrected chi connectivity index (χ4v) is 5.76. The van der Waals surface area contributed by atoms with E-state index < -0.39 is 0 Å². The maximum atomic E-state index is 3.53. The second kappa shape index (κ2) is 12.0. The Morgan fingerprint density at radius 2 is 1.21 bits per heavy atom. The summed E-state index contributed by atoms with van der Waals surface area (Å²) in [5, 5.41) is 0. The molecule has 2 aliphatic heterocycles. The zero-order valence-corrected chi connectivity index (χ0v) is 21.9. The van der Waals surface area contributed by atoms with Crippen LogP contribution in [-0.2, 0) is 24.2 Å². The zero-order chi connectivity index (χ0) is 16.3. The van der Waals surface area contributed by atoms with E-state index >= 15 is 0 Å². The first-order valence-electron chi connectivity index (χ1n) is 6.58. The summed E-state index contributed by atoms with van der Waals surface area (Å²) in [5.41, 5.74) is 5.19. The summed E-state index contributed by atoms with van der Waals surface area (Å²) < 4.78 is 5.97. The van der Waals surface area contributed by atoms with Crippen molar-refractivity contribution in [2.24, 2.45) is 0 Å². The first-order valence-corrected chi connectivity index (χ1v) is 11.9. The Kier molecular flexibility index (Phi) is 12.7. The monoisotopic (exact) mass is 600 g/mol. The van der Waals surface area contributed by atoms with E-state index in [1.807, 2.05) is 23.5 Å². The molecule has 4 rings (SSSR count). The normalized spacial score (nSPS) is 19.4. The molecule has 2 aliphatic carbocycles. The second-order valence-corrected chi connectivity index (χ2v) is 8.66. The van der Waals surface area contributed by atoms with Gasteiger partial charge in [0.1, 0.15) is 0 Å². The van der Waals surface area contributed by atoms with Gasteiger partial charge in [-0.05, 0) is 0 Å². The maximum absolute atomic E-state index is 3.53. The van der Waals surface area contributed by atoms with E-state index in [0.29, 0.717) is 0 Å². The van der Waals surface area contributed by atoms with E-state index in [-0.39, 0.29) is 24.8 Å². The SMILES string of the molecule is CC1=CC2=C(Br)CSC2=[C-]1.CC1=CC2=C(Br)CSC2=[C-]1.[CH2]=[Zr+2].[Cl-].[Cl-]. The first kappa shape index (κ1) is 25.4. The van der Waals surface area contributed by atoms with Crippen molar-refractivity contribution < 1.29 is 49.0 Å². The van der Waals surface area contributed by atoms with Crippen molar-refractivity contribution in [3.8, 4) is 0 Å². The number of allylic oxidation sites excluding steroid dienone is 8. The van der Waals surface area contributed by atoms with Gasteiger partial charge in [0.25, 0.3) is 0 Å². The number of hydrogen-bond donors (Lipinski definition) is 0. The van der Waals surface area contributed by atoms with Gasteiger partial charge in [0.2, 0.25) is 0 Å². The maximum Gasteiger partial charge on any atom is -1.00 e. The molecule has 0 nitrogen and oxygen atoms in total. The third-order valence-corrected chi connectivity index (χ3v) is 7.35. The Hall–Kier alpha value is 1.43. The second-order valence-electron chi connectivity index (χ2n) is 4.78. The Balaban J connectivity index is 0.000000372. The fraction of sp³-hybridized carbons (Fsp3) is 0.235. The van der Waals surface area contributed by atoms with Gasteiger partial charge in [-0.15, -0.1) is 33.3 Å². The van der Waals surface area contributed by atoms with Gasteiger partial charge in [-0.1, -0.05) is 54.7 Å². The van der Waals surface area contributed by atoms with Gasteiger partial charge in [-0.3, -0.25) is 0 Å². The van der Waals surface area contributed by atoms with Gasteiger partial charge >= 0.3 is 28.4 Å². The molecule has 7 heteroatoms. The fourth-order valence-electron chi connectivity index (χ4n) is 2.19. The molecule has 0 unspecified atom stereocenters. The van der Waals surface area contributed by atoms with Crippen molar-refractivity contribution in [3.05, 3.63) is 65.4 Å². The predicted molar refractivity (Wildman–Crippen MR) is 105 cm³/mol. The summed E-state index contributed by atoms with van der Waals surface area (Å²) in [6.45, 7) is 4.16. The molecule has 24 heavy (non-hydrogen) atoms. The van der Waals surface area contributed by atoms with Crippen molar-refractivity contribution in [2.45, 2.75) is 13.8 Å². The van der Waals surface area contributed by atoms with Crippen LogP contribution in [0.1, 0.15) is 13.8 Å². The third kappa shape index (κ3) is 6.25. The molecule has 4 aliphatic rings. The molecule has 0 spiro atoms. The molecule has 0 saturated carbocycles. The molecule has 0 amide bonds. The standard InChI is InChI=1S/2C8H6BrS.CH2.2ClH.Zr/c2*1-5-2-6-7(9)4-10-8(6)3-5;;;;/h2*2H,4H2,1H3;1H2;2*1H;/q2*-1;;;;+2/p-2. The van der Waals surface area contributed by atoms with Gasteiger partial charge in [0.05, 0.1) is 0 Å². The number of thioether (sulfide) groups is 2. The minimum absolute atomic E-state index is 0. The molecule has 0 saturated heterocycles. The Bertz CT molecular complexity index is 631. The van der Waals surface area contributed by atoms with Crippen molar-refractivity contribution in [1.82, 2.24) is 0 Å². The predicted octanol–water partition coefficient (Wildman–Crippen LogP) is 0.0316. The third-order valence-electron chi connectivity index (χ3n) is 3.10. The van der Waals surface area contributed by atoms with E-state index in [0.717, 1.165) is 11.5 Å². The summed E-state index contributed by atoms with van der Waals surface area (Å²) in [6.07, 6.45) is 11.0. The van der Waals surface area contributed by atoms with E-state index in [9.17, 15) is 0 Å². The van der Waals surface area contributed by atoms with Crippen LogP contribution in [-0.4, -0.2) is 15.7 Å². The molecular formula is C17H14Br2Cl2S2Zr-2. The van der Waals surface area contributed by atoms with Crippen LogP contribution < -0.4 is 24.8 Å². The number of halogens is 4. The van der Waals surface area contributed by atoms with Crippen LogP contribution in [0.15, 0.2) is 53.2 Å². The van der Waals surface area contributed by atoms with E-state index in [1.165, 1.54) is 65.3 Å². The molecule has 0 aromatic rings. The molecule has 2 heterocycles. The molecule has 0 radical (unpaired) electrons. The van der Waals surface area contributed by atoms with Crippen LogP contribution in [0.5, 0.6) is 0 Å². The molecule has 0 fully saturated rings. The average molecular weight is 604 g/mol. The zero-order valence-electron chi connectivity index (χ0n) is 13.1. The van der Waals surface area contributed by atoms with Crippen molar-refractivity contribution in [2.75, 3.05) is 11.5 Å². The number of rotatable bonds is 0. The van der Waals surface area contributed by atoms with Gasteiger partial charge in [-0.2, -0.15) is 34.4 Å². The van der Waals surface area contributed by atoms with E-state index in [1.54, 1.807) is 0 Å². The molecule has 0 atom stereocenters. The summed E-state index contributed by atoms with van der Waals surface area (Å²) in [7, 11) is 0. The van der Waals surface area contributed by atoms with Crippen LogP contribution >= 0.6 is 55.4 Å². The Morgan fingerprint density at radius 3 is 1.50 bits per heavy atom. The van der Waals surface area contributed by atoms with Crippen molar-refractivity contribution in [1.29, 1.82) is 0 Å². The molecular weight excluding hydrogens is 590 g/mol. The van der Waals surface area contributed by atoms with Crippen LogP contribution in [0.2, 0.25) is 0 Å². The molecule has 0 bridgehead atoms. The molecule has 0 aromatic carbocycles. The van der Waals surface area contributed by atoms with Gasteiger partial charge in [0, 0.05) is 11.5 Å². The van der Waals surface area contributed by atoms with Crippen molar-refractivity contribution >= 4 is 59.6 Å². The average Bonchev–Trinajstić information content (AvgIpc) is 3.21. The van der Waals surface area contributed by atoms with Gasteiger partial charge in [0.15, 0.2) is 0 Å². The topological polar surface area (TPSA) is 0 Å². The summed E-state index contributed by atoms with van der Waals surface area (Å²) in [6, 6.07) is 0. The van der Waals surface area contributed by atoms with Crippen LogP contribution in [0, 0.1) is 12.2 Å². The minimum atomic E-state index is 0. The minimum Gasteiger partial charge on any atom is -1.00 e. The Morgan fingerprint density at radius 1 is 0.875 bits per heavy atom. The largest absolute Gasteiger partial charge is 1.00 e.